The second kappa shape index (κ2) is 4.14. The third-order valence-electron chi connectivity index (χ3n) is 1.82. The van der Waals surface area contributed by atoms with Crippen molar-refractivity contribution in [3.8, 4) is 11.5 Å². The Morgan fingerprint density at radius 1 is 1.53 bits per heavy atom. The standard InChI is InChI=1S/C9H9FO5/c1-15-6-3-4(10)2-5(7(6)11)8(12)9(13)14/h2-3,8,11-12H,1H3,(H,13,14). The molecule has 0 aliphatic heterocycles. The zero-order valence-electron chi connectivity index (χ0n) is 7.77. The third kappa shape index (κ3) is 2.16. The first kappa shape index (κ1) is 11.3. The lowest BCUT2D eigenvalue weighted by Crippen LogP contribution is -2.11. The average Bonchev–Trinajstić information content (AvgIpc) is 2.19. The second-order valence-corrected chi connectivity index (χ2v) is 2.79. The molecule has 0 amide bonds. The molecule has 0 aliphatic rings. The zero-order chi connectivity index (χ0) is 11.6. The van der Waals surface area contributed by atoms with Crippen molar-refractivity contribution < 1.29 is 29.2 Å². The highest BCUT2D eigenvalue weighted by Gasteiger charge is 2.23. The SMILES string of the molecule is COc1cc(F)cc(C(O)C(=O)O)c1O. The maximum atomic E-state index is 12.9. The molecule has 0 bridgehead atoms. The van der Waals surface area contributed by atoms with Gasteiger partial charge in [-0.15, -0.1) is 0 Å². The van der Waals surface area contributed by atoms with Gasteiger partial charge >= 0.3 is 5.97 Å². The summed E-state index contributed by atoms with van der Waals surface area (Å²) in [6, 6.07) is 1.62. The van der Waals surface area contributed by atoms with E-state index >= 15 is 0 Å². The van der Waals surface area contributed by atoms with E-state index in [-0.39, 0.29) is 5.75 Å². The van der Waals surface area contributed by atoms with Gasteiger partial charge in [0.25, 0.3) is 0 Å². The summed E-state index contributed by atoms with van der Waals surface area (Å²) in [5, 5.41) is 27.0. The number of aliphatic carboxylic acids is 1. The Bertz CT molecular complexity index is 390. The molecule has 0 fully saturated rings. The van der Waals surface area contributed by atoms with E-state index in [2.05, 4.69) is 4.74 Å². The number of ether oxygens (including phenoxy) is 1. The summed E-state index contributed by atoms with van der Waals surface area (Å²) >= 11 is 0. The molecule has 1 rings (SSSR count). The molecule has 5 nitrogen and oxygen atoms in total. The number of phenols is 1. The summed E-state index contributed by atoms with van der Waals surface area (Å²) in [7, 11) is 1.19. The van der Waals surface area contributed by atoms with E-state index in [1.54, 1.807) is 0 Å². The van der Waals surface area contributed by atoms with Crippen molar-refractivity contribution >= 4 is 5.97 Å². The first-order valence-corrected chi connectivity index (χ1v) is 3.94. The quantitative estimate of drug-likeness (QED) is 0.690. The molecule has 3 N–H and O–H groups in total. The fraction of sp³-hybridized carbons (Fsp3) is 0.222. The normalized spacial score (nSPS) is 12.2. The zero-order valence-corrected chi connectivity index (χ0v) is 7.77. The lowest BCUT2D eigenvalue weighted by molar-refractivity contribution is -0.147. The number of hydrogen-bond donors (Lipinski definition) is 3. The number of phenolic OH excluding ortho intramolecular Hbond substituents is 1. The first-order chi connectivity index (χ1) is 6.97. The number of aromatic hydroxyl groups is 1. The predicted octanol–water partition coefficient (Wildman–Crippen LogP) is 0.658. The number of carboxylic acid groups (broad SMARTS) is 1. The van der Waals surface area contributed by atoms with Crippen molar-refractivity contribution in [3.05, 3.63) is 23.5 Å². The van der Waals surface area contributed by atoms with Gasteiger partial charge in [0.05, 0.1) is 7.11 Å². The van der Waals surface area contributed by atoms with Crippen LogP contribution in [0, 0.1) is 5.82 Å². The van der Waals surface area contributed by atoms with Crippen molar-refractivity contribution in [2.45, 2.75) is 6.10 Å². The van der Waals surface area contributed by atoms with Crippen LogP contribution in [0.4, 0.5) is 4.39 Å². The van der Waals surface area contributed by atoms with Gasteiger partial charge in [0.2, 0.25) is 0 Å². The number of halogens is 1. The van der Waals surface area contributed by atoms with Crippen LogP contribution in [0.25, 0.3) is 0 Å². The third-order valence-corrected chi connectivity index (χ3v) is 1.82. The smallest absolute Gasteiger partial charge is 0.337 e. The molecule has 6 heteroatoms. The number of hydrogen-bond acceptors (Lipinski definition) is 4. The molecular weight excluding hydrogens is 207 g/mol. The Kier molecular flexibility index (Phi) is 3.11. The Morgan fingerprint density at radius 2 is 2.13 bits per heavy atom. The maximum Gasteiger partial charge on any atom is 0.337 e. The average molecular weight is 216 g/mol. The fourth-order valence-corrected chi connectivity index (χ4v) is 1.09. The molecular formula is C9H9FO5. The van der Waals surface area contributed by atoms with Gasteiger partial charge in [-0.3, -0.25) is 0 Å². The van der Waals surface area contributed by atoms with Crippen molar-refractivity contribution in [2.75, 3.05) is 7.11 Å². The van der Waals surface area contributed by atoms with E-state index in [0.29, 0.717) is 0 Å². The van der Waals surface area contributed by atoms with Gasteiger partial charge in [-0.1, -0.05) is 0 Å². The summed E-state index contributed by atoms with van der Waals surface area (Å²) in [6.45, 7) is 0. The van der Waals surface area contributed by atoms with Crippen LogP contribution in [0.15, 0.2) is 12.1 Å². The predicted molar refractivity (Wildman–Crippen MR) is 47.2 cm³/mol. The van der Waals surface area contributed by atoms with Crippen molar-refractivity contribution in [1.29, 1.82) is 0 Å². The van der Waals surface area contributed by atoms with Gasteiger partial charge in [-0.2, -0.15) is 0 Å². The molecule has 1 aromatic carbocycles. The minimum atomic E-state index is -1.99. The van der Waals surface area contributed by atoms with Crippen LogP contribution in [0.5, 0.6) is 11.5 Å². The monoisotopic (exact) mass is 216 g/mol. The van der Waals surface area contributed by atoms with Gasteiger partial charge in [-0.25, -0.2) is 9.18 Å². The van der Waals surface area contributed by atoms with E-state index in [1.165, 1.54) is 7.11 Å². The molecule has 82 valence electrons. The van der Waals surface area contributed by atoms with Crippen molar-refractivity contribution in [2.24, 2.45) is 0 Å². The molecule has 1 atom stereocenters. The number of carbonyl (C=O) groups is 1. The van der Waals surface area contributed by atoms with Crippen LogP contribution in [0.3, 0.4) is 0 Å². The van der Waals surface area contributed by atoms with Gasteiger partial charge in [0.1, 0.15) is 5.82 Å². The largest absolute Gasteiger partial charge is 0.504 e. The summed E-state index contributed by atoms with van der Waals surface area (Å²) in [5.41, 5.74) is -0.445. The molecule has 15 heavy (non-hydrogen) atoms. The van der Waals surface area contributed by atoms with Gasteiger partial charge < -0.3 is 20.1 Å². The highest BCUT2D eigenvalue weighted by atomic mass is 19.1. The van der Waals surface area contributed by atoms with Crippen LogP contribution in [-0.4, -0.2) is 28.4 Å². The topological polar surface area (TPSA) is 87.0 Å². The van der Waals surface area contributed by atoms with E-state index in [9.17, 15) is 14.3 Å². The number of aliphatic hydroxyl groups excluding tert-OH is 1. The summed E-state index contributed by atoms with van der Waals surface area (Å²) in [4.78, 5) is 10.4. The number of rotatable bonds is 3. The van der Waals surface area contributed by atoms with E-state index in [4.69, 9.17) is 10.2 Å². The number of aliphatic hydroxyl groups is 1. The second-order valence-electron chi connectivity index (χ2n) is 2.79. The lowest BCUT2D eigenvalue weighted by atomic mass is 10.1. The molecule has 0 aromatic heterocycles. The number of carboxylic acids is 1. The van der Waals surface area contributed by atoms with Gasteiger partial charge in [0.15, 0.2) is 17.6 Å². The number of benzene rings is 1. The molecule has 1 aromatic rings. The molecule has 0 aliphatic carbocycles. The van der Waals surface area contributed by atoms with E-state index in [1.807, 2.05) is 0 Å². The molecule has 1 unspecified atom stereocenters. The van der Waals surface area contributed by atoms with Crippen LogP contribution < -0.4 is 4.74 Å². The van der Waals surface area contributed by atoms with E-state index in [0.717, 1.165) is 12.1 Å². The fourth-order valence-electron chi connectivity index (χ4n) is 1.09. The van der Waals surface area contributed by atoms with Crippen LogP contribution >= 0.6 is 0 Å². The van der Waals surface area contributed by atoms with Crippen LogP contribution in [-0.2, 0) is 4.79 Å². The Morgan fingerprint density at radius 3 is 2.60 bits per heavy atom. The number of methoxy groups -OCH3 is 1. The van der Waals surface area contributed by atoms with Crippen LogP contribution in [0.2, 0.25) is 0 Å². The molecule has 0 heterocycles. The highest BCUT2D eigenvalue weighted by molar-refractivity contribution is 5.75. The Labute approximate surface area is 84.3 Å². The van der Waals surface area contributed by atoms with Gasteiger partial charge in [-0.05, 0) is 6.07 Å². The van der Waals surface area contributed by atoms with E-state index < -0.39 is 29.2 Å². The van der Waals surface area contributed by atoms with Crippen molar-refractivity contribution in [3.63, 3.8) is 0 Å². The Hall–Kier alpha value is -1.82. The molecule has 0 saturated carbocycles. The minimum absolute atomic E-state index is 0.231. The molecule has 0 saturated heterocycles. The highest BCUT2D eigenvalue weighted by Crippen LogP contribution is 2.34. The minimum Gasteiger partial charge on any atom is -0.504 e. The Balaban J connectivity index is 3.28. The lowest BCUT2D eigenvalue weighted by Gasteiger charge is -2.11. The van der Waals surface area contributed by atoms with Crippen molar-refractivity contribution in [1.82, 2.24) is 0 Å². The molecule has 0 radical (unpaired) electrons. The first-order valence-electron chi connectivity index (χ1n) is 3.94. The summed E-state index contributed by atoms with van der Waals surface area (Å²) < 4.78 is 17.5. The van der Waals surface area contributed by atoms with Gasteiger partial charge in [0, 0.05) is 11.6 Å². The maximum absolute atomic E-state index is 12.9. The molecule has 0 spiro atoms. The summed E-state index contributed by atoms with van der Waals surface area (Å²) in [6.07, 6.45) is -1.99. The van der Waals surface area contributed by atoms with Crippen LogP contribution in [0.1, 0.15) is 11.7 Å². The summed E-state index contributed by atoms with van der Waals surface area (Å²) in [5.74, 6) is -3.21.